The van der Waals surface area contributed by atoms with E-state index >= 15 is 0 Å². The van der Waals surface area contributed by atoms with E-state index < -0.39 is 17.1 Å². The molecule has 3 rings (SSSR count). The van der Waals surface area contributed by atoms with Gasteiger partial charge in [-0.1, -0.05) is 6.07 Å². The molecule has 0 spiro atoms. The third-order valence-electron chi connectivity index (χ3n) is 4.20. The van der Waals surface area contributed by atoms with E-state index in [1.165, 1.54) is 11.3 Å². The summed E-state index contributed by atoms with van der Waals surface area (Å²) in [5.41, 5.74) is 3.36. The number of nitrogens with zero attached hydrogens (tertiary/aromatic N) is 2. The second-order valence-corrected chi connectivity index (χ2v) is 6.69. The Labute approximate surface area is 144 Å². The molecule has 126 valence electrons. The fourth-order valence-electron chi connectivity index (χ4n) is 2.96. The molecule has 2 aliphatic rings. The molecule has 1 saturated heterocycles. The average molecular weight is 346 g/mol. The van der Waals surface area contributed by atoms with Crippen LogP contribution in [0.1, 0.15) is 24.5 Å². The van der Waals surface area contributed by atoms with Crippen LogP contribution in [0.2, 0.25) is 0 Å². The summed E-state index contributed by atoms with van der Waals surface area (Å²) < 4.78 is 0. The maximum absolute atomic E-state index is 12.3. The van der Waals surface area contributed by atoms with Crippen molar-refractivity contribution in [2.24, 2.45) is 0 Å². The second-order valence-electron chi connectivity index (χ2n) is 5.69. The molecule has 1 fully saturated rings. The predicted octanol–water partition coefficient (Wildman–Crippen LogP) is 2.58. The number of rotatable bonds is 5. The molecule has 0 radical (unpaired) electrons. The topological polar surface area (TPSA) is 77.9 Å². The first-order chi connectivity index (χ1) is 11.5. The zero-order valence-corrected chi connectivity index (χ0v) is 14.1. The van der Waals surface area contributed by atoms with Gasteiger partial charge in [-0.2, -0.15) is 0 Å². The van der Waals surface area contributed by atoms with Gasteiger partial charge in [0.1, 0.15) is 0 Å². The van der Waals surface area contributed by atoms with E-state index in [4.69, 9.17) is 5.11 Å². The van der Waals surface area contributed by atoms with Crippen molar-refractivity contribution in [3.63, 3.8) is 0 Å². The van der Waals surface area contributed by atoms with Gasteiger partial charge in [-0.3, -0.25) is 19.3 Å². The van der Waals surface area contributed by atoms with Crippen LogP contribution in [0.4, 0.5) is 10.5 Å². The van der Waals surface area contributed by atoms with E-state index in [9.17, 15) is 14.4 Å². The number of carboxylic acid groups (broad SMARTS) is 1. The number of amides is 2. The number of fused-ring (bicyclic) bond motifs is 1. The molecule has 0 aromatic heterocycles. The lowest BCUT2D eigenvalue weighted by Crippen LogP contribution is -2.30. The molecule has 7 heteroatoms. The molecule has 0 bridgehead atoms. The fraction of sp³-hybridized carbons (Fsp3) is 0.353. The Hall–Kier alpha value is -2.28. The lowest BCUT2D eigenvalue weighted by atomic mass is 10.1. The summed E-state index contributed by atoms with van der Waals surface area (Å²) >= 11 is 0.862. The van der Waals surface area contributed by atoms with E-state index in [2.05, 4.69) is 17.9 Å². The van der Waals surface area contributed by atoms with Crippen molar-refractivity contribution in [2.75, 3.05) is 24.5 Å². The molecule has 2 aliphatic heterocycles. The van der Waals surface area contributed by atoms with Gasteiger partial charge in [0.25, 0.3) is 11.1 Å². The molecule has 0 atom stereocenters. The number of imide groups is 1. The normalized spacial score (nSPS) is 18.6. The lowest BCUT2D eigenvalue weighted by Gasteiger charge is -2.16. The minimum atomic E-state index is -1.03. The summed E-state index contributed by atoms with van der Waals surface area (Å²) in [6.45, 7) is 4.00. The number of anilines is 1. The number of aliphatic carboxylic acids is 1. The number of hydrogen-bond donors (Lipinski definition) is 1. The summed E-state index contributed by atoms with van der Waals surface area (Å²) in [7, 11) is 0. The first-order valence-electron chi connectivity index (χ1n) is 7.84. The third kappa shape index (κ3) is 3.17. The zero-order valence-electron chi connectivity index (χ0n) is 13.3. The first kappa shape index (κ1) is 16.6. The quantitative estimate of drug-likeness (QED) is 0.826. The number of likely N-dealkylation sites (N-methyl/N-ethyl adjacent to an activating group) is 1. The van der Waals surface area contributed by atoms with Crippen molar-refractivity contribution < 1.29 is 19.5 Å². The van der Waals surface area contributed by atoms with Crippen LogP contribution in [0, 0.1) is 0 Å². The highest BCUT2D eigenvalue weighted by molar-refractivity contribution is 8.18. The maximum Gasteiger partial charge on any atom is 0.305 e. The van der Waals surface area contributed by atoms with E-state index in [0.717, 1.165) is 41.7 Å². The summed E-state index contributed by atoms with van der Waals surface area (Å²) in [5, 5.41) is 8.29. The van der Waals surface area contributed by atoms with Gasteiger partial charge >= 0.3 is 5.97 Å². The Balaban J connectivity index is 1.79. The molecule has 1 aromatic rings. The minimum absolute atomic E-state index is 0.0903. The summed E-state index contributed by atoms with van der Waals surface area (Å²) in [6.07, 6.45) is 2.45. The molecule has 0 aliphatic carbocycles. The van der Waals surface area contributed by atoms with Crippen LogP contribution >= 0.6 is 11.8 Å². The Morgan fingerprint density at radius 2 is 2.17 bits per heavy atom. The Morgan fingerprint density at radius 3 is 2.88 bits per heavy atom. The van der Waals surface area contributed by atoms with Gasteiger partial charge in [-0.25, -0.2) is 0 Å². The van der Waals surface area contributed by atoms with Gasteiger partial charge in [0.05, 0.1) is 11.3 Å². The first-order valence-corrected chi connectivity index (χ1v) is 8.66. The summed E-state index contributed by atoms with van der Waals surface area (Å²) in [4.78, 5) is 38.4. The van der Waals surface area contributed by atoms with E-state index in [0.29, 0.717) is 4.91 Å². The minimum Gasteiger partial charge on any atom is -0.481 e. The van der Waals surface area contributed by atoms with Crippen LogP contribution in [-0.4, -0.2) is 46.8 Å². The number of carbonyl (C=O) groups is 3. The van der Waals surface area contributed by atoms with Crippen LogP contribution in [0.3, 0.4) is 0 Å². The highest BCUT2D eigenvalue weighted by Gasteiger charge is 2.35. The van der Waals surface area contributed by atoms with Gasteiger partial charge in [0.15, 0.2) is 0 Å². The van der Waals surface area contributed by atoms with Gasteiger partial charge in [-0.05, 0) is 54.4 Å². The standard InChI is InChI=1S/C17H18N2O4S/c1-2-18-7-5-12-9-11(3-4-13(12)18)10-14-16(22)19(17(23)24-14)8-6-15(20)21/h3-4,9-10H,2,5-8H2,1H3,(H,20,21)/b14-10+. The van der Waals surface area contributed by atoms with Gasteiger partial charge < -0.3 is 10.0 Å². The molecule has 6 nitrogen and oxygen atoms in total. The van der Waals surface area contributed by atoms with Crippen LogP contribution < -0.4 is 4.90 Å². The average Bonchev–Trinajstić information content (AvgIpc) is 3.06. The molecule has 2 heterocycles. The molecule has 1 aromatic carbocycles. The summed E-state index contributed by atoms with van der Waals surface area (Å²) in [5.74, 6) is -1.45. The Morgan fingerprint density at radius 1 is 1.38 bits per heavy atom. The van der Waals surface area contributed by atoms with E-state index in [1.807, 2.05) is 12.1 Å². The van der Waals surface area contributed by atoms with E-state index in [1.54, 1.807) is 6.08 Å². The monoisotopic (exact) mass is 346 g/mol. The SMILES string of the molecule is CCN1CCc2cc(/C=C3/SC(=O)N(CCC(=O)O)C3=O)ccc21. The molecular weight excluding hydrogens is 328 g/mol. The number of carboxylic acids is 1. The van der Waals surface area contributed by atoms with Crippen molar-refractivity contribution in [2.45, 2.75) is 19.8 Å². The summed E-state index contributed by atoms with van der Waals surface area (Å²) in [6, 6.07) is 6.04. The number of hydrogen-bond acceptors (Lipinski definition) is 5. The van der Waals surface area contributed by atoms with Crippen LogP contribution in [0.25, 0.3) is 6.08 Å². The van der Waals surface area contributed by atoms with Crippen molar-refractivity contribution in [1.29, 1.82) is 0 Å². The smallest absolute Gasteiger partial charge is 0.305 e. The van der Waals surface area contributed by atoms with Crippen LogP contribution in [-0.2, 0) is 16.0 Å². The van der Waals surface area contributed by atoms with Crippen molar-refractivity contribution in [3.8, 4) is 0 Å². The Bertz CT molecular complexity index is 744. The third-order valence-corrected chi connectivity index (χ3v) is 5.11. The van der Waals surface area contributed by atoms with Crippen molar-refractivity contribution >= 4 is 40.6 Å². The molecule has 0 unspecified atom stereocenters. The lowest BCUT2D eigenvalue weighted by molar-refractivity contribution is -0.137. The van der Waals surface area contributed by atoms with Crippen molar-refractivity contribution in [1.82, 2.24) is 4.90 Å². The highest BCUT2D eigenvalue weighted by atomic mass is 32.2. The number of benzene rings is 1. The largest absolute Gasteiger partial charge is 0.481 e. The Kier molecular flexibility index (Phi) is 4.62. The fourth-order valence-corrected chi connectivity index (χ4v) is 3.82. The van der Waals surface area contributed by atoms with E-state index in [-0.39, 0.29) is 13.0 Å². The highest BCUT2D eigenvalue weighted by Crippen LogP contribution is 2.34. The predicted molar refractivity (Wildman–Crippen MR) is 93.0 cm³/mol. The molecule has 0 saturated carbocycles. The van der Waals surface area contributed by atoms with Crippen molar-refractivity contribution in [3.05, 3.63) is 34.2 Å². The zero-order chi connectivity index (χ0) is 17.3. The number of carbonyl (C=O) groups excluding carboxylic acids is 2. The molecular formula is C17H18N2O4S. The molecule has 24 heavy (non-hydrogen) atoms. The van der Waals surface area contributed by atoms with Gasteiger partial charge in [-0.15, -0.1) is 0 Å². The van der Waals surface area contributed by atoms with Gasteiger partial charge in [0, 0.05) is 25.3 Å². The second kappa shape index (κ2) is 6.68. The maximum atomic E-state index is 12.3. The van der Waals surface area contributed by atoms with Gasteiger partial charge in [0.2, 0.25) is 0 Å². The molecule has 2 amide bonds. The van der Waals surface area contributed by atoms with Crippen LogP contribution in [0.15, 0.2) is 23.1 Å². The number of thioether (sulfide) groups is 1. The molecule has 1 N–H and O–H groups in total. The van der Waals surface area contributed by atoms with Crippen LogP contribution in [0.5, 0.6) is 0 Å².